The zero-order valence-corrected chi connectivity index (χ0v) is 13.4. The van der Waals surface area contributed by atoms with Gasteiger partial charge < -0.3 is 10.2 Å². The lowest BCUT2D eigenvalue weighted by atomic mass is 10.1. The number of benzene rings is 1. The summed E-state index contributed by atoms with van der Waals surface area (Å²) >= 11 is 0. The molecule has 2 N–H and O–H groups in total. The van der Waals surface area contributed by atoms with Crippen LogP contribution in [0.15, 0.2) is 24.3 Å². The predicted molar refractivity (Wildman–Crippen MR) is 84.3 cm³/mol. The van der Waals surface area contributed by atoms with Gasteiger partial charge in [0.25, 0.3) is 5.92 Å². The van der Waals surface area contributed by atoms with Crippen LogP contribution in [0.3, 0.4) is 0 Å². The van der Waals surface area contributed by atoms with Gasteiger partial charge in [0.2, 0.25) is 11.8 Å². The van der Waals surface area contributed by atoms with E-state index in [2.05, 4.69) is 10.6 Å². The Morgan fingerprint density at radius 3 is 2.71 bits per heavy atom. The molecule has 0 aliphatic carbocycles. The van der Waals surface area contributed by atoms with E-state index in [1.54, 1.807) is 4.90 Å². The van der Waals surface area contributed by atoms with Gasteiger partial charge in [0.15, 0.2) is 0 Å². The average Bonchev–Trinajstić information content (AvgIpc) is 3.12. The highest BCUT2D eigenvalue weighted by Gasteiger charge is 2.42. The zero-order chi connectivity index (χ0) is 17.2. The molecule has 3 rings (SSSR count). The van der Waals surface area contributed by atoms with Gasteiger partial charge >= 0.3 is 0 Å². The Kier molecular flexibility index (Phi) is 4.80. The van der Waals surface area contributed by atoms with E-state index in [-0.39, 0.29) is 12.5 Å². The van der Waals surface area contributed by atoms with Crippen molar-refractivity contribution in [1.29, 1.82) is 0 Å². The van der Waals surface area contributed by atoms with Crippen molar-refractivity contribution in [3.8, 4) is 0 Å². The molecule has 1 atom stereocenters. The molecule has 1 aromatic rings. The summed E-state index contributed by atoms with van der Waals surface area (Å²) in [6.45, 7) is 1.07. The normalized spacial score (nSPS) is 22.8. The first-order chi connectivity index (χ1) is 11.4. The van der Waals surface area contributed by atoms with Crippen LogP contribution in [0.2, 0.25) is 0 Å². The number of halogens is 2. The fourth-order valence-corrected chi connectivity index (χ4v) is 3.17. The van der Waals surface area contributed by atoms with E-state index in [9.17, 15) is 18.4 Å². The molecule has 0 bridgehead atoms. The van der Waals surface area contributed by atoms with E-state index in [4.69, 9.17) is 0 Å². The summed E-state index contributed by atoms with van der Waals surface area (Å²) in [6.07, 6.45) is 0.989. The van der Waals surface area contributed by atoms with Crippen molar-refractivity contribution in [2.24, 2.45) is 0 Å². The SMILES string of the molecule is O=C(NCc1ccccc1CN1CCCC1=O)C1CC(F)(F)CN1. The fourth-order valence-electron chi connectivity index (χ4n) is 3.17. The van der Waals surface area contributed by atoms with Crippen LogP contribution in [0, 0.1) is 0 Å². The third kappa shape index (κ3) is 3.90. The minimum absolute atomic E-state index is 0.145. The van der Waals surface area contributed by atoms with Gasteiger partial charge in [-0.05, 0) is 17.5 Å². The minimum Gasteiger partial charge on any atom is -0.351 e. The van der Waals surface area contributed by atoms with Gasteiger partial charge in [-0.25, -0.2) is 8.78 Å². The van der Waals surface area contributed by atoms with Crippen molar-refractivity contribution < 1.29 is 18.4 Å². The van der Waals surface area contributed by atoms with Crippen molar-refractivity contribution in [2.75, 3.05) is 13.1 Å². The average molecular weight is 337 g/mol. The molecule has 1 unspecified atom stereocenters. The molecule has 2 aliphatic rings. The maximum absolute atomic E-state index is 13.2. The summed E-state index contributed by atoms with van der Waals surface area (Å²) in [6, 6.07) is 6.70. The molecule has 0 radical (unpaired) electrons. The van der Waals surface area contributed by atoms with E-state index in [0.29, 0.717) is 13.0 Å². The van der Waals surface area contributed by atoms with Crippen LogP contribution in [-0.4, -0.2) is 41.8 Å². The molecule has 7 heteroatoms. The van der Waals surface area contributed by atoms with Crippen LogP contribution in [-0.2, 0) is 22.7 Å². The number of nitrogens with one attached hydrogen (secondary N) is 2. The molecule has 2 fully saturated rings. The van der Waals surface area contributed by atoms with Crippen molar-refractivity contribution in [3.63, 3.8) is 0 Å². The highest BCUT2D eigenvalue weighted by Crippen LogP contribution is 2.25. The molecule has 0 aromatic heterocycles. The Labute approximate surface area is 139 Å². The second kappa shape index (κ2) is 6.84. The van der Waals surface area contributed by atoms with Crippen molar-refractivity contribution in [3.05, 3.63) is 35.4 Å². The van der Waals surface area contributed by atoms with Gasteiger partial charge in [-0.3, -0.25) is 14.9 Å². The molecule has 24 heavy (non-hydrogen) atoms. The monoisotopic (exact) mass is 337 g/mol. The summed E-state index contributed by atoms with van der Waals surface area (Å²) in [5.41, 5.74) is 1.87. The summed E-state index contributed by atoms with van der Waals surface area (Å²) in [5.74, 6) is -3.10. The number of hydrogen-bond donors (Lipinski definition) is 2. The maximum Gasteiger partial charge on any atom is 0.262 e. The predicted octanol–water partition coefficient (Wildman–Crippen LogP) is 1.42. The van der Waals surface area contributed by atoms with Crippen molar-refractivity contribution in [2.45, 2.75) is 44.3 Å². The molecule has 2 aliphatic heterocycles. The number of alkyl halides is 2. The highest BCUT2D eigenvalue weighted by atomic mass is 19.3. The number of amides is 2. The lowest BCUT2D eigenvalue weighted by molar-refractivity contribution is -0.128. The van der Waals surface area contributed by atoms with Crippen LogP contribution in [0.4, 0.5) is 8.78 Å². The molecule has 2 amide bonds. The summed E-state index contributed by atoms with van der Waals surface area (Å²) in [5, 5.41) is 5.26. The lowest BCUT2D eigenvalue weighted by Crippen LogP contribution is -2.40. The summed E-state index contributed by atoms with van der Waals surface area (Å²) in [4.78, 5) is 25.6. The molecule has 1 aromatic carbocycles. The Balaban J connectivity index is 1.59. The largest absolute Gasteiger partial charge is 0.351 e. The first-order valence-electron chi connectivity index (χ1n) is 8.18. The summed E-state index contributed by atoms with van der Waals surface area (Å²) in [7, 11) is 0. The molecule has 2 saturated heterocycles. The van der Waals surface area contributed by atoms with Crippen LogP contribution >= 0.6 is 0 Å². The van der Waals surface area contributed by atoms with Gasteiger partial charge in [0.05, 0.1) is 12.6 Å². The molecule has 2 heterocycles. The number of hydrogen-bond acceptors (Lipinski definition) is 3. The number of rotatable bonds is 5. The highest BCUT2D eigenvalue weighted by molar-refractivity contribution is 5.82. The van der Waals surface area contributed by atoms with Gasteiger partial charge in [-0.1, -0.05) is 24.3 Å². The van der Waals surface area contributed by atoms with Crippen molar-refractivity contribution in [1.82, 2.24) is 15.5 Å². The lowest BCUT2D eigenvalue weighted by Gasteiger charge is -2.19. The third-order valence-electron chi connectivity index (χ3n) is 4.53. The minimum atomic E-state index is -2.82. The third-order valence-corrected chi connectivity index (χ3v) is 4.53. The zero-order valence-electron chi connectivity index (χ0n) is 13.4. The molecule has 130 valence electrons. The van der Waals surface area contributed by atoms with E-state index >= 15 is 0 Å². The molecular formula is C17H21F2N3O2. The van der Waals surface area contributed by atoms with Gasteiger partial charge in [0.1, 0.15) is 0 Å². The smallest absolute Gasteiger partial charge is 0.262 e. The quantitative estimate of drug-likeness (QED) is 0.854. The Morgan fingerprint density at radius 1 is 1.33 bits per heavy atom. The second-order valence-corrected chi connectivity index (χ2v) is 6.40. The van der Waals surface area contributed by atoms with Gasteiger partial charge in [0, 0.05) is 32.5 Å². The van der Waals surface area contributed by atoms with Gasteiger partial charge in [-0.2, -0.15) is 0 Å². The summed E-state index contributed by atoms with van der Waals surface area (Å²) < 4.78 is 26.3. The standard InChI is InChI=1S/C17H21F2N3O2/c18-17(19)8-14(21-11-17)16(24)20-9-12-4-1-2-5-13(12)10-22-7-3-6-15(22)23/h1-2,4-5,14,21H,3,6-11H2,(H,20,24). The second-order valence-electron chi connectivity index (χ2n) is 6.40. The number of carbonyl (C=O) groups is 2. The van der Waals surface area contributed by atoms with E-state index < -0.39 is 30.8 Å². The van der Waals surface area contributed by atoms with Crippen LogP contribution in [0.25, 0.3) is 0 Å². The first-order valence-corrected chi connectivity index (χ1v) is 8.18. The van der Waals surface area contributed by atoms with E-state index in [1.165, 1.54) is 0 Å². The Morgan fingerprint density at radius 2 is 2.08 bits per heavy atom. The number of carbonyl (C=O) groups excluding carboxylic acids is 2. The van der Waals surface area contributed by atoms with Crippen LogP contribution in [0.1, 0.15) is 30.4 Å². The number of likely N-dealkylation sites (tertiary alicyclic amines) is 1. The van der Waals surface area contributed by atoms with E-state index in [1.807, 2.05) is 24.3 Å². The van der Waals surface area contributed by atoms with Crippen LogP contribution < -0.4 is 10.6 Å². The number of nitrogens with zero attached hydrogens (tertiary/aromatic N) is 1. The molecule has 0 spiro atoms. The molecule has 5 nitrogen and oxygen atoms in total. The van der Waals surface area contributed by atoms with Crippen LogP contribution in [0.5, 0.6) is 0 Å². The maximum atomic E-state index is 13.2. The molecular weight excluding hydrogens is 316 g/mol. The Bertz CT molecular complexity index is 636. The van der Waals surface area contributed by atoms with E-state index in [0.717, 1.165) is 24.1 Å². The first kappa shape index (κ1) is 16.8. The fraction of sp³-hybridized carbons (Fsp3) is 0.529. The Hall–Kier alpha value is -2.02. The topological polar surface area (TPSA) is 61.4 Å². The van der Waals surface area contributed by atoms with Crippen molar-refractivity contribution >= 4 is 11.8 Å². The molecule has 0 saturated carbocycles. The van der Waals surface area contributed by atoms with Gasteiger partial charge in [-0.15, -0.1) is 0 Å².